The Morgan fingerprint density at radius 3 is 2.15 bits per heavy atom. The molecule has 1 fully saturated rings. The summed E-state index contributed by atoms with van der Waals surface area (Å²) in [5.41, 5.74) is 0. The lowest BCUT2D eigenvalue weighted by molar-refractivity contribution is 0.210. The van der Waals surface area contributed by atoms with E-state index < -0.39 is 0 Å². The van der Waals surface area contributed by atoms with Gasteiger partial charge in [0, 0.05) is 5.38 Å². The van der Waals surface area contributed by atoms with Gasteiger partial charge in [-0.25, -0.2) is 0 Å². The molecule has 3 unspecified atom stereocenters. The van der Waals surface area contributed by atoms with Gasteiger partial charge in [-0.15, -0.1) is 11.6 Å². The van der Waals surface area contributed by atoms with Crippen LogP contribution in [0.3, 0.4) is 0 Å². The van der Waals surface area contributed by atoms with Crippen LogP contribution >= 0.6 is 11.6 Å². The lowest BCUT2D eigenvalue weighted by atomic mass is 9.75. The number of halogens is 1. The molecule has 0 aromatic heterocycles. The lowest BCUT2D eigenvalue weighted by Crippen LogP contribution is -2.26. The highest BCUT2D eigenvalue weighted by Gasteiger charge is 2.28. The van der Waals surface area contributed by atoms with Gasteiger partial charge in [0.25, 0.3) is 0 Å². The number of hydrogen-bond acceptors (Lipinski definition) is 0. The Bertz CT molecular complexity index is 134. The van der Waals surface area contributed by atoms with Crippen molar-refractivity contribution in [3.05, 3.63) is 0 Å². The minimum Gasteiger partial charge on any atom is -0.123 e. The van der Waals surface area contributed by atoms with Crippen molar-refractivity contribution in [2.75, 3.05) is 0 Å². The first kappa shape index (κ1) is 11.4. The monoisotopic (exact) mass is 202 g/mol. The standard InChI is InChI=1S/C12H23Cl/c1-4-5-12(13)11-7-9(2)6-10(3)8-11/h9-12H,4-8H2,1-3H3. The highest BCUT2D eigenvalue weighted by molar-refractivity contribution is 6.20. The molecule has 1 aliphatic carbocycles. The lowest BCUT2D eigenvalue weighted by Gasteiger charge is -2.34. The van der Waals surface area contributed by atoms with Crippen molar-refractivity contribution in [2.45, 2.75) is 58.3 Å². The van der Waals surface area contributed by atoms with E-state index in [9.17, 15) is 0 Å². The molecule has 0 radical (unpaired) electrons. The van der Waals surface area contributed by atoms with Crippen LogP contribution in [-0.2, 0) is 0 Å². The minimum absolute atomic E-state index is 0.440. The molecule has 0 aromatic carbocycles. The molecule has 0 aliphatic heterocycles. The van der Waals surface area contributed by atoms with Crippen molar-refractivity contribution in [3.8, 4) is 0 Å². The maximum Gasteiger partial charge on any atom is 0.0364 e. The molecule has 0 nitrogen and oxygen atoms in total. The summed E-state index contributed by atoms with van der Waals surface area (Å²) >= 11 is 6.39. The number of hydrogen-bond donors (Lipinski definition) is 0. The summed E-state index contributed by atoms with van der Waals surface area (Å²) in [6.07, 6.45) is 6.56. The first-order chi connectivity index (χ1) is 6.13. The molecule has 78 valence electrons. The zero-order valence-corrected chi connectivity index (χ0v) is 9.98. The highest BCUT2D eigenvalue weighted by atomic mass is 35.5. The molecule has 1 rings (SSSR count). The fourth-order valence-corrected chi connectivity index (χ4v) is 3.24. The van der Waals surface area contributed by atoms with Crippen molar-refractivity contribution in [2.24, 2.45) is 17.8 Å². The van der Waals surface area contributed by atoms with Crippen LogP contribution in [-0.4, -0.2) is 5.38 Å². The number of rotatable bonds is 3. The summed E-state index contributed by atoms with van der Waals surface area (Å²) in [6.45, 7) is 6.97. The van der Waals surface area contributed by atoms with E-state index in [2.05, 4.69) is 20.8 Å². The maximum atomic E-state index is 6.39. The smallest absolute Gasteiger partial charge is 0.0364 e. The second-order valence-electron chi connectivity index (χ2n) is 4.98. The fraction of sp³-hybridized carbons (Fsp3) is 1.00. The predicted molar refractivity (Wildman–Crippen MR) is 60.2 cm³/mol. The summed E-state index contributed by atoms with van der Waals surface area (Å²) < 4.78 is 0. The molecular weight excluding hydrogens is 180 g/mol. The number of alkyl halides is 1. The van der Waals surface area contributed by atoms with Crippen LogP contribution in [0.25, 0.3) is 0 Å². The van der Waals surface area contributed by atoms with E-state index in [0.29, 0.717) is 5.38 Å². The third-order valence-electron chi connectivity index (χ3n) is 3.29. The van der Waals surface area contributed by atoms with Crippen molar-refractivity contribution >= 4 is 11.6 Å². The van der Waals surface area contributed by atoms with Crippen LogP contribution in [0.5, 0.6) is 0 Å². The van der Waals surface area contributed by atoms with Gasteiger partial charge in [0.1, 0.15) is 0 Å². The van der Waals surface area contributed by atoms with Crippen LogP contribution in [0.2, 0.25) is 0 Å². The average Bonchev–Trinajstić information content (AvgIpc) is 2.03. The van der Waals surface area contributed by atoms with Crippen LogP contribution in [0.4, 0.5) is 0 Å². The molecule has 0 spiro atoms. The molecule has 0 amide bonds. The fourth-order valence-electron chi connectivity index (χ4n) is 2.82. The second kappa shape index (κ2) is 5.24. The summed E-state index contributed by atoms with van der Waals surface area (Å²) in [7, 11) is 0. The van der Waals surface area contributed by atoms with Crippen LogP contribution in [0.15, 0.2) is 0 Å². The van der Waals surface area contributed by atoms with E-state index in [-0.39, 0.29) is 0 Å². The molecule has 1 aliphatic rings. The SMILES string of the molecule is CCCC(Cl)C1CC(C)CC(C)C1. The van der Waals surface area contributed by atoms with Gasteiger partial charge in [-0.2, -0.15) is 0 Å². The molecule has 0 N–H and O–H groups in total. The summed E-state index contributed by atoms with van der Waals surface area (Å²) in [5, 5.41) is 0.440. The van der Waals surface area contributed by atoms with E-state index in [0.717, 1.165) is 17.8 Å². The van der Waals surface area contributed by atoms with Crippen molar-refractivity contribution in [1.82, 2.24) is 0 Å². The third kappa shape index (κ3) is 3.50. The van der Waals surface area contributed by atoms with Gasteiger partial charge in [0.05, 0.1) is 0 Å². The first-order valence-corrected chi connectivity index (χ1v) is 6.21. The van der Waals surface area contributed by atoms with Gasteiger partial charge in [-0.1, -0.05) is 27.2 Å². The van der Waals surface area contributed by atoms with Gasteiger partial charge in [0.2, 0.25) is 0 Å². The first-order valence-electron chi connectivity index (χ1n) is 5.77. The average molecular weight is 203 g/mol. The summed E-state index contributed by atoms with van der Waals surface area (Å²) in [4.78, 5) is 0. The van der Waals surface area contributed by atoms with Crippen LogP contribution < -0.4 is 0 Å². The summed E-state index contributed by atoms with van der Waals surface area (Å²) in [5.74, 6) is 2.58. The Balaban J connectivity index is 2.40. The van der Waals surface area contributed by atoms with E-state index in [1.807, 2.05) is 0 Å². The quantitative estimate of drug-likeness (QED) is 0.593. The van der Waals surface area contributed by atoms with E-state index in [1.54, 1.807) is 0 Å². The van der Waals surface area contributed by atoms with Crippen molar-refractivity contribution in [3.63, 3.8) is 0 Å². The zero-order chi connectivity index (χ0) is 9.84. The molecule has 0 aromatic rings. The van der Waals surface area contributed by atoms with Crippen LogP contribution in [0, 0.1) is 17.8 Å². The van der Waals surface area contributed by atoms with E-state index in [1.165, 1.54) is 32.1 Å². The van der Waals surface area contributed by atoms with Crippen LogP contribution in [0.1, 0.15) is 52.9 Å². The zero-order valence-electron chi connectivity index (χ0n) is 9.22. The molecule has 0 bridgehead atoms. The Morgan fingerprint density at radius 1 is 1.15 bits per heavy atom. The van der Waals surface area contributed by atoms with E-state index >= 15 is 0 Å². The molecule has 3 atom stereocenters. The van der Waals surface area contributed by atoms with Gasteiger partial charge in [-0.05, 0) is 43.4 Å². The Labute approximate surface area is 88.1 Å². The third-order valence-corrected chi connectivity index (χ3v) is 3.87. The van der Waals surface area contributed by atoms with Crippen molar-refractivity contribution in [1.29, 1.82) is 0 Å². The molecule has 1 heteroatoms. The Kier molecular flexibility index (Phi) is 4.58. The van der Waals surface area contributed by atoms with Gasteiger partial charge in [0.15, 0.2) is 0 Å². The maximum absolute atomic E-state index is 6.39. The molecule has 0 heterocycles. The van der Waals surface area contributed by atoms with E-state index in [4.69, 9.17) is 11.6 Å². The minimum atomic E-state index is 0.440. The summed E-state index contributed by atoms with van der Waals surface area (Å²) in [6, 6.07) is 0. The molecule has 13 heavy (non-hydrogen) atoms. The second-order valence-corrected chi connectivity index (χ2v) is 5.54. The van der Waals surface area contributed by atoms with Gasteiger partial charge < -0.3 is 0 Å². The molecule has 1 saturated carbocycles. The van der Waals surface area contributed by atoms with Crippen molar-refractivity contribution < 1.29 is 0 Å². The topological polar surface area (TPSA) is 0 Å². The normalized spacial score (nSPS) is 37.4. The molecular formula is C12H23Cl. The van der Waals surface area contributed by atoms with Gasteiger partial charge in [-0.3, -0.25) is 0 Å². The largest absolute Gasteiger partial charge is 0.123 e. The predicted octanol–water partition coefficient (Wildman–Crippen LogP) is 4.47. The molecule has 0 saturated heterocycles. The Hall–Kier alpha value is 0.290. The Morgan fingerprint density at radius 2 is 1.69 bits per heavy atom. The van der Waals surface area contributed by atoms with Gasteiger partial charge >= 0.3 is 0 Å². The highest BCUT2D eigenvalue weighted by Crippen LogP contribution is 2.37.